The molecule has 8 rings (SSSR count). The van der Waals surface area contributed by atoms with Crippen molar-refractivity contribution in [2.24, 2.45) is 0 Å². The summed E-state index contributed by atoms with van der Waals surface area (Å²) < 4.78 is 0. The monoisotopic (exact) mass is 762 g/mol. The molecule has 4 aromatic carbocycles. The molecule has 52 heavy (non-hydrogen) atoms. The van der Waals surface area contributed by atoms with Crippen LogP contribution in [0.2, 0.25) is 13.1 Å². The maximum absolute atomic E-state index is 2.54. The summed E-state index contributed by atoms with van der Waals surface area (Å²) in [4.78, 5) is 0. The fraction of sp³-hybridized carbons (Fsp3) is 0.0800. The third-order valence-corrected chi connectivity index (χ3v) is 13.8. The van der Waals surface area contributed by atoms with Crippen LogP contribution in [-0.2, 0) is 26.2 Å². The molecule has 0 spiro atoms. The molecule has 0 nitrogen and oxygen atoms in total. The van der Waals surface area contributed by atoms with Crippen molar-refractivity contribution in [3.63, 3.8) is 0 Å². The average molecular weight is 764 g/mol. The second kappa shape index (κ2) is 17.5. The molecule has 0 saturated heterocycles. The topological polar surface area (TPSA) is 0 Å². The molecule has 2 saturated carbocycles. The standard InChI is InChI=1S/C34H30Si.C16H14.Zr/c1-23-21-31-27(25-13-7-5-8-14-25)17-11-19-29(31)33(23)35(3,4)34-24(2)22-32-28(18-12-20-30(32)34)26-15-9-6-10-16-26;1-3-9-15(10-4-1)13-7-8-14-16-11-5-2-6-12-16;/h5-22H,1-4H3;1-14H;/q;;+2/b;13-7+,14-8+;. The number of hydrogen-bond donors (Lipinski definition) is 0. The van der Waals surface area contributed by atoms with Crippen LogP contribution in [0.25, 0.3) is 23.3 Å². The van der Waals surface area contributed by atoms with Gasteiger partial charge in [0.1, 0.15) is 0 Å². The normalized spacial score (nSPS) is 19.3. The quantitative estimate of drug-likeness (QED) is 0.130. The van der Waals surface area contributed by atoms with Crippen molar-refractivity contribution in [3.05, 3.63) is 252 Å². The molecule has 2 heteroatoms. The zero-order valence-electron chi connectivity index (χ0n) is 30.5. The van der Waals surface area contributed by atoms with Crippen LogP contribution >= 0.6 is 0 Å². The van der Waals surface area contributed by atoms with E-state index in [1.807, 2.05) is 36.4 Å². The molecule has 2 fully saturated rings. The number of benzene rings is 4. The van der Waals surface area contributed by atoms with Crippen LogP contribution < -0.4 is 0 Å². The van der Waals surface area contributed by atoms with Crippen molar-refractivity contribution in [3.8, 4) is 0 Å². The summed E-state index contributed by atoms with van der Waals surface area (Å²) in [5.74, 6) is 8.46. The van der Waals surface area contributed by atoms with E-state index >= 15 is 0 Å². The van der Waals surface area contributed by atoms with Crippen molar-refractivity contribution >= 4 is 31.4 Å². The average Bonchev–Trinajstić information content (AvgIpc) is 3.71. The summed E-state index contributed by atoms with van der Waals surface area (Å²) in [7, 11) is -2.02. The molecule has 0 heterocycles. The number of fused-ring (bicyclic) bond motifs is 2. The van der Waals surface area contributed by atoms with Crippen molar-refractivity contribution in [2.45, 2.75) is 26.9 Å². The van der Waals surface area contributed by atoms with Crippen LogP contribution in [0.3, 0.4) is 0 Å². The van der Waals surface area contributed by atoms with Crippen molar-refractivity contribution in [2.75, 3.05) is 0 Å². The molecule has 10 radical (unpaired) electrons. The minimum absolute atomic E-state index is 0. The van der Waals surface area contributed by atoms with Gasteiger partial charge in [0.05, 0.1) is 8.07 Å². The Morgan fingerprint density at radius 2 is 0.788 bits per heavy atom. The van der Waals surface area contributed by atoms with E-state index < -0.39 is 8.07 Å². The van der Waals surface area contributed by atoms with E-state index in [4.69, 9.17) is 0 Å². The third kappa shape index (κ3) is 8.30. The Morgan fingerprint density at radius 3 is 1.15 bits per heavy atom. The van der Waals surface area contributed by atoms with Gasteiger partial charge in [-0.2, -0.15) is 0 Å². The molecular weight excluding hydrogens is 720 g/mol. The third-order valence-electron chi connectivity index (χ3n) is 9.97. The van der Waals surface area contributed by atoms with Gasteiger partial charge in [0.15, 0.2) is 0 Å². The van der Waals surface area contributed by atoms with Crippen molar-refractivity contribution in [1.82, 2.24) is 0 Å². The van der Waals surface area contributed by atoms with Crippen molar-refractivity contribution < 1.29 is 26.2 Å². The van der Waals surface area contributed by atoms with E-state index in [-0.39, 0.29) is 26.2 Å². The second-order valence-corrected chi connectivity index (χ2v) is 18.1. The minimum Gasteiger partial charge on any atom is -0.0761 e. The Balaban J connectivity index is 0.000000230. The number of hydrogen-bond acceptors (Lipinski definition) is 0. The molecule has 0 aromatic heterocycles. The molecule has 4 aliphatic rings. The Morgan fingerprint density at radius 1 is 0.442 bits per heavy atom. The van der Waals surface area contributed by atoms with Crippen LogP contribution in [0.4, 0.5) is 0 Å². The molecule has 250 valence electrons. The summed E-state index contributed by atoms with van der Waals surface area (Å²) in [6, 6.07) is 42.2. The van der Waals surface area contributed by atoms with Gasteiger partial charge in [0.25, 0.3) is 0 Å². The van der Waals surface area contributed by atoms with Gasteiger partial charge in [-0.15, -0.1) is 0 Å². The van der Waals surface area contributed by atoms with E-state index in [2.05, 4.69) is 185 Å². The van der Waals surface area contributed by atoms with Crippen LogP contribution in [-0.4, -0.2) is 8.07 Å². The van der Waals surface area contributed by atoms with E-state index in [9.17, 15) is 0 Å². The Labute approximate surface area is 334 Å². The minimum atomic E-state index is -2.02. The summed E-state index contributed by atoms with van der Waals surface area (Å²) in [5, 5.41) is 0. The molecule has 0 unspecified atom stereocenters. The fourth-order valence-electron chi connectivity index (χ4n) is 7.86. The van der Waals surface area contributed by atoms with Gasteiger partial charge in [-0.05, 0) is 69.2 Å². The van der Waals surface area contributed by atoms with Crippen LogP contribution in [0, 0.1) is 59.4 Å². The first kappa shape index (κ1) is 38.2. The summed E-state index contributed by atoms with van der Waals surface area (Å²) >= 11 is 0. The molecule has 0 N–H and O–H groups in total. The van der Waals surface area contributed by atoms with Crippen LogP contribution in [0.15, 0.2) is 170 Å². The summed E-state index contributed by atoms with van der Waals surface area (Å²) in [6.45, 7) is 9.71. The number of allylic oxidation sites excluding steroid dienone is 10. The largest absolute Gasteiger partial charge is 2.00 e. The van der Waals surface area contributed by atoms with Gasteiger partial charge in [-0.1, -0.05) is 209 Å². The Hall–Kier alpha value is -3.58. The smallest absolute Gasteiger partial charge is 0.0761 e. The van der Waals surface area contributed by atoms with E-state index in [0.717, 1.165) is 0 Å². The van der Waals surface area contributed by atoms with Crippen LogP contribution in [0.1, 0.15) is 36.1 Å². The molecular formula is C50H44SiZr+2. The van der Waals surface area contributed by atoms with Crippen LogP contribution in [0.5, 0.6) is 0 Å². The molecule has 4 aromatic rings. The molecule has 0 atom stereocenters. The van der Waals surface area contributed by atoms with E-state index in [0.29, 0.717) is 0 Å². The molecule has 4 aliphatic carbocycles. The molecule has 0 aliphatic heterocycles. The second-order valence-electron chi connectivity index (χ2n) is 13.8. The summed E-state index contributed by atoms with van der Waals surface area (Å²) in [5.41, 5.74) is 10.8. The van der Waals surface area contributed by atoms with E-state index in [1.165, 1.54) is 68.9 Å². The predicted octanol–water partition coefficient (Wildman–Crippen LogP) is 12.6. The summed E-state index contributed by atoms with van der Waals surface area (Å²) in [6.07, 6.45) is 26.9. The maximum atomic E-state index is 2.54. The first-order chi connectivity index (χ1) is 24.9. The Kier molecular flexibility index (Phi) is 12.8. The first-order valence-corrected chi connectivity index (χ1v) is 20.9. The predicted molar refractivity (Wildman–Crippen MR) is 221 cm³/mol. The van der Waals surface area contributed by atoms with Gasteiger partial charge in [-0.3, -0.25) is 0 Å². The van der Waals surface area contributed by atoms with Gasteiger partial charge < -0.3 is 0 Å². The zero-order chi connectivity index (χ0) is 35.2. The first-order valence-electron chi connectivity index (χ1n) is 17.9. The van der Waals surface area contributed by atoms with Crippen molar-refractivity contribution in [1.29, 1.82) is 0 Å². The zero-order valence-corrected chi connectivity index (χ0v) is 33.9. The molecule has 0 bridgehead atoms. The SMILES string of the molecule is C(/C=C/c1ccccc1)=C\c1ccccc1.C[C]1[CH][C]2[C](C=CC=C2c2ccccc2)[C]1[Si](C)(C)[C]1[C](C)[CH][C]2[C]1C=CC=C2c1ccccc1.[Zr+2]. The number of rotatable bonds is 7. The maximum Gasteiger partial charge on any atom is 2.00 e. The Bertz CT molecular complexity index is 1770. The van der Waals surface area contributed by atoms with Gasteiger partial charge in [0.2, 0.25) is 0 Å². The molecule has 0 amide bonds. The van der Waals surface area contributed by atoms with Gasteiger partial charge >= 0.3 is 26.2 Å². The van der Waals surface area contributed by atoms with Gasteiger partial charge in [0, 0.05) is 23.7 Å². The fourth-order valence-corrected chi connectivity index (χ4v) is 12.0. The van der Waals surface area contributed by atoms with Gasteiger partial charge in [-0.25, -0.2) is 0 Å². The van der Waals surface area contributed by atoms with E-state index in [1.54, 1.807) is 11.1 Å².